The van der Waals surface area contributed by atoms with Gasteiger partial charge in [0, 0.05) is 59.8 Å². The number of aromatic hydroxyl groups is 1. The van der Waals surface area contributed by atoms with E-state index in [2.05, 4.69) is 6.92 Å². The predicted molar refractivity (Wildman–Crippen MR) is 213 cm³/mol. The Bertz CT molecular complexity index is 1990. The van der Waals surface area contributed by atoms with Gasteiger partial charge >= 0.3 is 5.97 Å². The second-order valence-corrected chi connectivity index (χ2v) is 13.9. The van der Waals surface area contributed by atoms with E-state index in [0.29, 0.717) is 48.7 Å². The minimum atomic E-state index is -0.505. The molecule has 0 saturated carbocycles. The third kappa shape index (κ3) is 9.26. The monoisotopic (exact) mass is 731 g/mol. The lowest BCUT2D eigenvalue weighted by molar-refractivity contribution is -0.438. The van der Waals surface area contributed by atoms with Crippen molar-refractivity contribution in [3.05, 3.63) is 124 Å². The summed E-state index contributed by atoms with van der Waals surface area (Å²) in [7, 11) is 0. The topological polar surface area (TPSA) is 127 Å². The van der Waals surface area contributed by atoms with Crippen molar-refractivity contribution in [2.45, 2.75) is 79.1 Å². The number of esters is 1. The lowest BCUT2D eigenvalue weighted by Crippen LogP contribution is -2.27. The maximum absolute atomic E-state index is 13.8. The fraction of sp³-hybridized carbons (Fsp3) is 0.333. The van der Waals surface area contributed by atoms with Gasteiger partial charge in [-0.05, 0) is 56.5 Å². The molecule has 3 N–H and O–H groups in total. The van der Waals surface area contributed by atoms with E-state index >= 15 is 0 Å². The molecule has 0 radical (unpaired) electrons. The first-order valence-electron chi connectivity index (χ1n) is 18.8. The highest BCUT2D eigenvalue weighted by Crippen LogP contribution is 2.46. The third-order valence-corrected chi connectivity index (χ3v) is 9.77. The van der Waals surface area contributed by atoms with Crippen LogP contribution in [0.2, 0.25) is 0 Å². The highest BCUT2D eigenvalue weighted by molar-refractivity contribution is 6.40. The number of carbonyl (C=O) groups excluding carboxylic acids is 3. The average molecular weight is 732 g/mol. The molecule has 0 amide bonds. The Morgan fingerprint density at radius 1 is 0.778 bits per heavy atom. The molecule has 2 aliphatic rings. The molecular formula is C45H51N2O7+. The summed E-state index contributed by atoms with van der Waals surface area (Å²) in [6.07, 6.45) is 10.4. The van der Waals surface area contributed by atoms with E-state index in [-0.39, 0.29) is 57.7 Å². The van der Waals surface area contributed by atoms with Gasteiger partial charge in [0.1, 0.15) is 29.5 Å². The van der Waals surface area contributed by atoms with Gasteiger partial charge in [0.2, 0.25) is 17.2 Å². The molecule has 282 valence electrons. The van der Waals surface area contributed by atoms with Gasteiger partial charge in [-0.15, -0.1) is 0 Å². The minimum absolute atomic E-state index is 0.0323. The zero-order chi connectivity index (χ0) is 38.8. The second kappa shape index (κ2) is 18.4. The zero-order valence-electron chi connectivity index (χ0n) is 31.7. The van der Waals surface area contributed by atoms with Crippen LogP contribution >= 0.6 is 0 Å². The highest BCUT2D eigenvalue weighted by atomic mass is 16.5. The maximum Gasteiger partial charge on any atom is 0.312 e. The van der Waals surface area contributed by atoms with Crippen LogP contribution in [0.3, 0.4) is 0 Å². The number of phenolic OH excluding ortho intramolecular Hbond substituents is 1. The molecule has 5 rings (SSSR count). The molecule has 9 heteroatoms. The number of Topliss-reactive ketones (excluding diaryl/α,β-unsaturated/α-hetero) is 2. The summed E-state index contributed by atoms with van der Waals surface area (Å²) in [5.74, 6) is -1.48. The Labute approximate surface area is 317 Å². The van der Waals surface area contributed by atoms with Gasteiger partial charge < -0.3 is 25.0 Å². The van der Waals surface area contributed by atoms with E-state index < -0.39 is 5.78 Å². The Hall–Kier alpha value is -5.70. The standard InChI is InChI=1S/C45H50N2O7/c1-5-6-7-8-9-16-25-54-39(51)22-24-47(34-19-14-11-15-20-34)36-27-31(3)41(38(50)29-36)43-44(52)42(45(43)53)40-30(2)26-35(28-37(40)49)46(23-21-32(4)48)33-17-12-10-13-18-33/h10-15,17-20,26-29H,5-9,16,21-25H2,1-4H3,(H2,49,50,52,53)/p+1. The van der Waals surface area contributed by atoms with Gasteiger partial charge in [0.25, 0.3) is 0 Å². The predicted octanol–water partition coefficient (Wildman–Crippen LogP) is 9.45. The maximum atomic E-state index is 13.8. The molecule has 9 nitrogen and oxygen atoms in total. The molecule has 0 fully saturated rings. The van der Waals surface area contributed by atoms with Crippen molar-refractivity contribution < 1.29 is 39.0 Å². The number of allylic oxidation sites excluding steroid dienone is 5. The smallest absolute Gasteiger partial charge is 0.312 e. The summed E-state index contributed by atoms with van der Waals surface area (Å²) in [5, 5.41) is 34.1. The Balaban J connectivity index is 1.41. The number of unbranched alkanes of at least 4 members (excludes halogenated alkanes) is 5. The Kier molecular flexibility index (Phi) is 13.4. The summed E-state index contributed by atoms with van der Waals surface area (Å²) >= 11 is 0. The first-order valence-corrected chi connectivity index (χ1v) is 18.8. The van der Waals surface area contributed by atoms with E-state index in [1.807, 2.05) is 82.3 Å². The Morgan fingerprint density at radius 2 is 1.44 bits per heavy atom. The van der Waals surface area contributed by atoms with Crippen LogP contribution in [0.4, 0.5) is 17.1 Å². The number of rotatable bonds is 17. The SMILES string of the molecule is CCCCCCCCOC(=O)CC[N+](=C1C=C(C)C(=C2C(=O)C(c3c(C)cc(N(CCC(C)=O)c4ccccc4)cc3O)=C2O)C(O)=C1)c1ccccc1. The number of hydrogen-bond donors (Lipinski definition) is 3. The fourth-order valence-corrected chi connectivity index (χ4v) is 6.97. The molecule has 0 spiro atoms. The Morgan fingerprint density at radius 3 is 2.07 bits per heavy atom. The van der Waals surface area contributed by atoms with Gasteiger partial charge in [-0.1, -0.05) is 75.4 Å². The van der Waals surface area contributed by atoms with Crippen LogP contribution in [0.1, 0.15) is 83.3 Å². The molecule has 0 aromatic heterocycles. The largest absolute Gasteiger partial charge is 0.507 e. The van der Waals surface area contributed by atoms with Gasteiger partial charge in [-0.25, -0.2) is 0 Å². The van der Waals surface area contributed by atoms with Crippen LogP contribution < -0.4 is 4.90 Å². The molecule has 0 aliphatic heterocycles. The van der Waals surface area contributed by atoms with E-state index in [0.717, 1.165) is 30.6 Å². The third-order valence-electron chi connectivity index (χ3n) is 9.77. The molecule has 0 bridgehead atoms. The van der Waals surface area contributed by atoms with Gasteiger partial charge in [0.05, 0.1) is 23.8 Å². The first-order chi connectivity index (χ1) is 26.0. The molecule has 0 heterocycles. The lowest BCUT2D eigenvalue weighted by Gasteiger charge is -2.29. The van der Waals surface area contributed by atoms with Gasteiger partial charge in [-0.3, -0.25) is 14.4 Å². The van der Waals surface area contributed by atoms with Crippen LogP contribution in [0, 0.1) is 6.92 Å². The van der Waals surface area contributed by atoms with E-state index in [9.17, 15) is 29.7 Å². The number of aliphatic hydroxyl groups excluding tert-OH is 2. The number of hydrogen-bond acceptors (Lipinski definition) is 8. The zero-order valence-corrected chi connectivity index (χ0v) is 31.7. The van der Waals surface area contributed by atoms with Crippen molar-refractivity contribution in [2.24, 2.45) is 0 Å². The molecule has 3 aromatic carbocycles. The number of nitrogens with zero attached hydrogens (tertiary/aromatic N) is 2. The number of carbonyl (C=O) groups is 3. The summed E-state index contributed by atoms with van der Waals surface area (Å²) in [6.45, 7) is 8.29. The van der Waals surface area contributed by atoms with Crippen LogP contribution in [-0.4, -0.2) is 62.8 Å². The number of aliphatic hydroxyl groups is 2. The lowest BCUT2D eigenvalue weighted by atomic mass is 9.76. The first kappa shape index (κ1) is 39.5. The van der Waals surface area contributed by atoms with Crippen molar-refractivity contribution >= 4 is 45.9 Å². The van der Waals surface area contributed by atoms with Gasteiger partial charge in [-0.2, -0.15) is 4.58 Å². The molecule has 2 aliphatic carbocycles. The number of para-hydroxylation sites is 2. The molecule has 0 saturated heterocycles. The summed E-state index contributed by atoms with van der Waals surface area (Å²) < 4.78 is 7.43. The van der Waals surface area contributed by atoms with Crippen molar-refractivity contribution in [1.82, 2.24) is 0 Å². The van der Waals surface area contributed by atoms with E-state index in [1.54, 1.807) is 13.8 Å². The van der Waals surface area contributed by atoms with Crippen LogP contribution in [-0.2, 0) is 19.1 Å². The van der Waals surface area contributed by atoms with Crippen LogP contribution in [0.15, 0.2) is 113 Å². The van der Waals surface area contributed by atoms with Crippen molar-refractivity contribution in [2.75, 3.05) is 24.6 Å². The molecule has 0 atom stereocenters. The van der Waals surface area contributed by atoms with Gasteiger partial charge in [0.15, 0.2) is 6.54 Å². The van der Waals surface area contributed by atoms with Crippen molar-refractivity contribution in [1.29, 1.82) is 0 Å². The summed E-state index contributed by atoms with van der Waals surface area (Å²) in [6, 6.07) is 22.4. The molecule has 3 aromatic rings. The average Bonchev–Trinajstić information content (AvgIpc) is 3.15. The number of benzene rings is 3. The number of aryl methyl sites for hydroxylation is 1. The summed E-state index contributed by atoms with van der Waals surface area (Å²) in [5.41, 5.74) is 4.33. The fourth-order valence-electron chi connectivity index (χ4n) is 6.97. The number of phenols is 1. The van der Waals surface area contributed by atoms with Crippen molar-refractivity contribution in [3.8, 4) is 5.75 Å². The van der Waals surface area contributed by atoms with Crippen LogP contribution in [0.5, 0.6) is 5.75 Å². The van der Waals surface area contributed by atoms with Crippen LogP contribution in [0.25, 0.3) is 5.57 Å². The number of ether oxygens (including phenoxy) is 1. The normalized spacial score (nSPS) is 16.4. The molecule has 0 unspecified atom stereocenters. The molecule has 54 heavy (non-hydrogen) atoms. The number of ketones is 2. The van der Waals surface area contributed by atoms with E-state index in [4.69, 9.17) is 4.74 Å². The highest BCUT2D eigenvalue weighted by Gasteiger charge is 2.41. The second-order valence-electron chi connectivity index (χ2n) is 13.9. The summed E-state index contributed by atoms with van der Waals surface area (Å²) in [4.78, 5) is 40.3. The number of anilines is 2. The van der Waals surface area contributed by atoms with Crippen molar-refractivity contribution in [3.63, 3.8) is 0 Å². The quantitative estimate of drug-likeness (QED) is 0.0543. The molecular weight excluding hydrogens is 681 g/mol. The van der Waals surface area contributed by atoms with E-state index in [1.165, 1.54) is 38.3 Å². The minimum Gasteiger partial charge on any atom is -0.507 e.